The number of carbonyl (C=O) groups excluding carboxylic acids is 1. The molecule has 1 aliphatic heterocycles. The van der Waals surface area contributed by atoms with Crippen molar-refractivity contribution in [2.24, 2.45) is 5.92 Å². The summed E-state index contributed by atoms with van der Waals surface area (Å²) in [7, 11) is 1.78. The maximum atomic E-state index is 12.3. The average molecular weight is 507 g/mol. The van der Waals surface area contributed by atoms with E-state index in [2.05, 4.69) is 20.2 Å². The molecule has 1 saturated carbocycles. The summed E-state index contributed by atoms with van der Waals surface area (Å²) in [5.41, 5.74) is 4.05. The molecule has 3 heterocycles. The van der Waals surface area contributed by atoms with Gasteiger partial charge in [-0.25, -0.2) is 19.7 Å². The summed E-state index contributed by atoms with van der Waals surface area (Å²) < 4.78 is 11.3. The second-order valence-corrected chi connectivity index (χ2v) is 11.1. The van der Waals surface area contributed by atoms with E-state index < -0.39 is 5.60 Å². The number of hydrogen-bond donors (Lipinski definition) is 1. The Balaban J connectivity index is 1.24. The monoisotopic (exact) mass is 506 g/mol. The number of methoxy groups -OCH3 is 1. The largest absolute Gasteiger partial charge is 0.501 e. The van der Waals surface area contributed by atoms with Crippen LogP contribution in [0, 0.1) is 5.92 Å². The van der Waals surface area contributed by atoms with E-state index in [9.17, 15) is 4.79 Å². The minimum Gasteiger partial charge on any atom is -0.501 e. The molecule has 2 aromatic heterocycles. The molecule has 2 aliphatic carbocycles. The number of pyridine rings is 1. The van der Waals surface area contributed by atoms with Crippen molar-refractivity contribution in [3.05, 3.63) is 41.5 Å². The van der Waals surface area contributed by atoms with Gasteiger partial charge in [-0.05, 0) is 63.6 Å². The molecule has 0 spiro atoms. The third-order valence-electron chi connectivity index (χ3n) is 7.34. The van der Waals surface area contributed by atoms with Crippen molar-refractivity contribution in [2.75, 3.05) is 43.5 Å². The number of carbonyl (C=O) groups is 1. The van der Waals surface area contributed by atoms with E-state index in [1.807, 2.05) is 45.3 Å². The highest BCUT2D eigenvalue weighted by Gasteiger charge is 2.30. The van der Waals surface area contributed by atoms with Crippen LogP contribution < -0.4 is 10.2 Å². The van der Waals surface area contributed by atoms with E-state index in [4.69, 9.17) is 14.5 Å². The van der Waals surface area contributed by atoms with Gasteiger partial charge in [0.25, 0.3) is 0 Å². The molecule has 0 atom stereocenters. The Labute approximate surface area is 219 Å². The summed E-state index contributed by atoms with van der Waals surface area (Å²) in [6, 6.07) is 4.00. The van der Waals surface area contributed by atoms with Crippen LogP contribution in [-0.2, 0) is 15.9 Å². The Kier molecular flexibility index (Phi) is 7.22. The van der Waals surface area contributed by atoms with Gasteiger partial charge in [0, 0.05) is 44.4 Å². The van der Waals surface area contributed by atoms with Crippen molar-refractivity contribution >= 4 is 29.1 Å². The van der Waals surface area contributed by atoms with Crippen molar-refractivity contribution in [3.8, 4) is 0 Å². The fourth-order valence-electron chi connectivity index (χ4n) is 5.48. The number of allylic oxidation sites excluding steroid dienone is 2. The molecule has 1 saturated heterocycles. The Hall–Kier alpha value is -3.36. The number of anilines is 3. The highest BCUT2D eigenvalue weighted by Crippen LogP contribution is 2.42. The molecule has 1 amide bonds. The fraction of sp³-hybridized carbons (Fsp3) is 0.571. The summed E-state index contributed by atoms with van der Waals surface area (Å²) in [4.78, 5) is 30.5. The first-order valence-corrected chi connectivity index (χ1v) is 13.4. The zero-order chi connectivity index (χ0) is 26.0. The van der Waals surface area contributed by atoms with Crippen molar-refractivity contribution in [1.29, 1.82) is 0 Å². The van der Waals surface area contributed by atoms with E-state index >= 15 is 0 Å². The maximum absolute atomic E-state index is 12.3. The number of aromatic nitrogens is 3. The smallest absolute Gasteiger partial charge is 0.410 e. The number of fused-ring (bicyclic) bond motifs is 1. The van der Waals surface area contributed by atoms with Crippen LogP contribution in [0.5, 0.6) is 0 Å². The maximum Gasteiger partial charge on any atom is 0.410 e. The molecule has 3 aliphatic rings. The topological polar surface area (TPSA) is 92.7 Å². The molecular formula is C28H38N6O3. The number of nitrogens with zero attached hydrogens (tertiary/aromatic N) is 5. The lowest BCUT2D eigenvalue weighted by Crippen LogP contribution is -2.50. The van der Waals surface area contributed by atoms with Crippen LogP contribution in [0.4, 0.5) is 22.2 Å². The minimum absolute atomic E-state index is 0.251. The standard InChI is InChI=1S/C28H38N6O3/c1-28(2,3)37-27(35)34-15-13-33(14-16-34)21-10-12-23(29-18-21)31-26-30-17-20-9-11-22(36-4)24(25(20)32-26)19-7-5-6-8-19/h10,12,17-19H,5-9,11,13-16H2,1-4H3,(H,29,30,31,32). The van der Waals surface area contributed by atoms with Crippen LogP contribution in [0.1, 0.15) is 64.1 Å². The first kappa shape index (κ1) is 25.3. The molecule has 0 unspecified atom stereocenters. The molecule has 1 N–H and O–H groups in total. The van der Waals surface area contributed by atoms with Crippen LogP contribution in [0.15, 0.2) is 30.3 Å². The number of rotatable bonds is 5. The lowest BCUT2D eigenvalue weighted by Gasteiger charge is -2.36. The molecule has 0 aromatic carbocycles. The predicted molar refractivity (Wildman–Crippen MR) is 144 cm³/mol. The van der Waals surface area contributed by atoms with E-state index in [0.717, 1.165) is 43.1 Å². The molecule has 2 fully saturated rings. The fourth-order valence-corrected chi connectivity index (χ4v) is 5.48. The number of nitrogens with one attached hydrogen (secondary N) is 1. The normalized spacial score (nSPS) is 18.6. The summed E-state index contributed by atoms with van der Waals surface area (Å²) in [6.07, 6.45) is 10.3. The Bertz CT molecular complexity index is 1140. The molecule has 5 rings (SSSR count). The second-order valence-electron chi connectivity index (χ2n) is 11.1. The van der Waals surface area contributed by atoms with Crippen LogP contribution in [0.25, 0.3) is 5.57 Å². The van der Waals surface area contributed by atoms with Crippen molar-refractivity contribution in [1.82, 2.24) is 19.9 Å². The molecule has 37 heavy (non-hydrogen) atoms. The Morgan fingerprint density at radius 3 is 2.43 bits per heavy atom. The second kappa shape index (κ2) is 10.6. The van der Waals surface area contributed by atoms with Gasteiger partial charge in [-0.2, -0.15) is 0 Å². The highest BCUT2D eigenvalue weighted by molar-refractivity contribution is 5.72. The Morgan fingerprint density at radius 2 is 1.78 bits per heavy atom. The van der Waals surface area contributed by atoms with Gasteiger partial charge >= 0.3 is 6.09 Å². The molecular weight excluding hydrogens is 468 g/mol. The van der Waals surface area contributed by atoms with E-state index in [1.54, 1.807) is 12.0 Å². The van der Waals surface area contributed by atoms with Crippen molar-refractivity contribution < 1.29 is 14.3 Å². The van der Waals surface area contributed by atoms with Gasteiger partial charge < -0.3 is 24.6 Å². The number of hydrogen-bond acceptors (Lipinski definition) is 8. The van der Waals surface area contributed by atoms with Crippen LogP contribution in [0.3, 0.4) is 0 Å². The van der Waals surface area contributed by atoms with Crippen molar-refractivity contribution in [3.63, 3.8) is 0 Å². The summed E-state index contributed by atoms with van der Waals surface area (Å²) in [6.45, 7) is 8.38. The predicted octanol–water partition coefficient (Wildman–Crippen LogP) is 5.17. The summed E-state index contributed by atoms with van der Waals surface area (Å²) in [5.74, 6) is 2.85. The van der Waals surface area contributed by atoms with E-state index in [1.165, 1.54) is 36.8 Å². The van der Waals surface area contributed by atoms with Crippen LogP contribution in [-0.4, -0.2) is 64.8 Å². The quantitative estimate of drug-likeness (QED) is 0.594. The first-order chi connectivity index (χ1) is 17.8. The lowest BCUT2D eigenvalue weighted by atomic mass is 9.85. The zero-order valence-electron chi connectivity index (χ0n) is 22.4. The molecule has 0 radical (unpaired) electrons. The average Bonchev–Trinajstić information content (AvgIpc) is 3.42. The van der Waals surface area contributed by atoms with Gasteiger partial charge in [0.2, 0.25) is 5.95 Å². The van der Waals surface area contributed by atoms with Gasteiger partial charge in [-0.1, -0.05) is 12.8 Å². The molecule has 9 nitrogen and oxygen atoms in total. The molecule has 9 heteroatoms. The number of aryl methyl sites for hydroxylation is 1. The summed E-state index contributed by atoms with van der Waals surface area (Å²) in [5, 5.41) is 3.29. The van der Waals surface area contributed by atoms with Crippen molar-refractivity contribution in [2.45, 2.75) is 64.9 Å². The van der Waals surface area contributed by atoms with E-state index in [0.29, 0.717) is 30.8 Å². The molecule has 198 valence electrons. The van der Waals surface area contributed by atoms with Crippen LogP contribution in [0.2, 0.25) is 0 Å². The highest BCUT2D eigenvalue weighted by atomic mass is 16.6. The van der Waals surface area contributed by atoms with E-state index in [-0.39, 0.29) is 6.09 Å². The van der Waals surface area contributed by atoms with Gasteiger partial charge in [0.05, 0.1) is 24.7 Å². The summed E-state index contributed by atoms with van der Waals surface area (Å²) >= 11 is 0. The Morgan fingerprint density at radius 1 is 1.03 bits per heavy atom. The number of piperazine rings is 1. The lowest BCUT2D eigenvalue weighted by molar-refractivity contribution is 0.0240. The third kappa shape index (κ3) is 5.81. The SMILES string of the molecule is COC1=C(C2CCCC2)c2nc(Nc3ccc(N4CCN(C(=O)OC(C)(C)C)CC4)cn3)ncc2CC1. The molecule has 0 bridgehead atoms. The van der Waals surface area contributed by atoms with Gasteiger partial charge in [0.15, 0.2) is 0 Å². The molecule has 2 aromatic rings. The van der Waals surface area contributed by atoms with Gasteiger partial charge in [0.1, 0.15) is 17.2 Å². The van der Waals surface area contributed by atoms with Gasteiger partial charge in [-0.3, -0.25) is 0 Å². The van der Waals surface area contributed by atoms with Gasteiger partial charge in [-0.15, -0.1) is 0 Å². The number of ether oxygens (including phenoxy) is 2. The minimum atomic E-state index is -0.483. The zero-order valence-corrected chi connectivity index (χ0v) is 22.4. The third-order valence-corrected chi connectivity index (χ3v) is 7.34. The number of amides is 1. The van der Waals surface area contributed by atoms with Crippen LogP contribution >= 0.6 is 0 Å². The first-order valence-electron chi connectivity index (χ1n) is 13.4.